The number of rotatable bonds is 3. The van der Waals surface area contributed by atoms with Crippen LogP contribution >= 0.6 is 12.2 Å². The molecule has 106 valence electrons. The zero-order valence-electron chi connectivity index (χ0n) is 12.0. The SMILES string of the molecule is Cc1n[nH]c(=S)n1/N=C\c1ccc(OC(C)(C)C)cc1. The predicted octanol–water partition coefficient (Wildman–Crippen LogP) is 3.31. The van der Waals surface area contributed by atoms with Gasteiger partial charge in [-0.05, 0) is 69.7 Å². The third-order valence-electron chi connectivity index (χ3n) is 2.44. The van der Waals surface area contributed by atoms with Crippen molar-refractivity contribution < 1.29 is 4.74 Å². The molecule has 1 N–H and O–H groups in total. The number of nitrogens with one attached hydrogen (secondary N) is 1. The van der Waals surface area contributed by atoms with Crippen LogP contribution in [0.5, 0.6) is 5.75 Å². The number of hydrogen-bond acceptors (Lipinski definition) is 4. The van der Waals surface area contributed by atoms with Gasteiger partial charge in [0.05, 0.1) is 6.21 Å². The number of aromatic nitrogens is 3. The lowest BCUT2D eigenvalue weighted by Gasteiger charge is -2.21. The van der Waals surface area contributed by atoms with Gasteiger partial charge in [0, 0.05) is 0 Å². The maximum Gasteiger partial charge on any atom is 0.216 e. The molecule has 5 nitrogen and oxygen atoms in total. The highest BCUT2D eigenvalue weighted by molar-refractivity contribution is 7.71. The second-order valence-corrected chi connectivity index (χ2v) is 5.80. The molecule has 1 aromatic carbocycles. The second-order valence-electron chi connectivity index (χ2n) is 5.42. The van der Waals surface area contributed by atoms with Crippen molar-refractivity contribution in [3.63, 3.8) is 0 Å². The van der Waals surface area contributed by atoms with Crippen molar-refractivity contribution in [3.05, 3.63) is 40.4 Å². The minimum Gasteiger partial charge on any atom is -0.488 e. The van der Waals surface area contributed by atoms with E-state index in [1.54, 1.807) is 10.9 Å². The monoisotopic (exact) mass is 290 g/mol. The Balaban J connectivity index is 2.13. The smallest absolute Gasteiger partial charge is 0.216 e. The molecule has 2 rings (SSSR count). The largest absolute Gasteiger partial charge is 0.488 e. The highest BCUT2D eigenvalue weighted by atomic mass is 32.1. The molecule has 1 aromatic heterocycles. The van der Waals surface area contributed by atoms with Gasteiger partial charge in [0.1, 0.15) is 17.2 Å². The van der Waals surface area contributed by atoms with Crippen molar-refractivity contribution in [2.24, 2.45) is 5.10 Å². The Kier molecular flexibility index (Phi) is 4.04. The zero-order chi connectivity index (χ0) is 14.8. The van der Waals surface area contributed by atoms with Crippen molar-refractivity contribution in [2.75, 3.05) is 0 Å². The van der Waals surface area contributed by atoms with Crippen LogP contribution in [0.2, 0.25) is 0 Å². The lowest BCUT2D eigenvalue weighted by Crippen LogP contribution is -2.22. The van der Waals surface area contributed by atoms with E-state index in [9.17, 15) is 0 Å². The first kappa shape index (κ1) is 14.5. The Bertz CT molecular complexity index is 662. The summed E-state index contributed by atoms with van der Waals surface area (Å²) < 4.78 is 7.82. The maximum absolute atomic E-state index is 5.76. The summed E-state index contributed by atoms with van der Waals surface area (Å²) in [5.74, 6) is 1.56. The summed E-state index contributed by atoms with van der Waals surface area (Å²) in [6.07, 6.45) is 1.74. The summed E-state index contributed by atoms with van der Waals surface area (Å²) in [5, 5.41) is 11.0. The number of benzene rings is 1. The summed E-state index contributed by atoms with van der Waals surface area (Å²) in [5.41, 5.74) is 0.769. The molecule has 0 spiro atoms. The van der Waals surface area contributed by atoms with Crippen molar-refractivity contribution in [1.82, 2.24) is 14.9 Å². The van der Waals surface area contributed by atoms with Crippen LogP contribution in [-0.2, 0) is 0 Å². The van der Waals surface area contributed by atoms with Crippen LogP contribution in [-0.4, -0.2) is 26.7 Å². The Morgan fingerprint density at radius 3 is 2.45 bits per heavy atom. The van der Waals surface area contributed by atoms with Crippen LogP contribution in [0.3, 0.4) is 0 Å². The molecule has 20 heavy (non-hydrogen) atoms. The average Bonchev–Trinajstić information content (AvgIpc) is 2.67. The van der Waals surface area contributed by atoms with Gasteiger partial charge in [-0.1, -0.05) is 0 Å². The van der Waals surface area contributed by atoms with E-state index in [-0.39, 0.29) is 5.60 Å². The first-order valence-corrected chi connectivity index (χ1v) is 6.73. The molecule has 0 atom stereocenters. The zero-order valence-corrected chi connectivity index (χ0v) is 12.9. The van der Waals surface area contributed by atoms with Crippen LogP contribution in [0.25, 0.3) is 0 Å². The first-order chi connectivity index (χ1) is 9.35. The topological polar surface area (TPSA) is 55.2 Å². The third kappa shape index (κ3) is 3.77. The molecular weight excluding hydrogens is 272 g/mol. The van der Waals surface area contributed by atoms with E-state index in [0.29, 0.717) is 4.77 Å². The third-order valence-corrected chi connectivity index (χ3v) is 2.70. The Morgan fingerprint density at radius 1 is 1.30 bits per heavy atom. The van der Waals surface area contributed by atoms with Crippen molar-refractivity contribution in [3.8, 4) is 5.75 Å². The minimum atomic E-state index is -0.198. The number of aryl methyl sites for hydroxylation is 1. The molecular formula is C14H18N4OS. The fraction of sp³-hybridized carbons (Fsp3) is 0.357. The van der Waals surface area contributed by atoms with Gasteiger partial charge in [-0.2, -0.15) is 14.9 Å². The normalized spacial score (nSPS) is 12.0. The van der Waals surface area contributed by atoms with E-state index in [1.165, 1.54) is 0 Å². The molecule has 0 bridgehead atoms. The fourth-order valence-corrected chi connectivity index (χ4v) is 1.83. The molecule has 0 radical (unpaired) electrons. The molecule has 0 fully saturated rings. The van der Waals surface area contributed by atoms with E-state index >= 15 is 0 Å². The summed E-state index contributed by atoms with van der Waals surface area (Å²) in [6, 6.07) is 7.75. The molecule has 6 heteroatoms. The van der Waals surface area contributed by atoms with E-state index in [0.717, 1.165) is 17.1 Å². The van der Waals surface area contributed by atoms with E-state index < -0.39 is 0 Å². The van der Waals surface area contributed by atoms with Crippen LogP contribution in [0, 0.1) is 11.7 Å². The molecule has 0 amide bonds. The van der Waals surface area contributed by atoms with Crippen LogP contribution in [0.1, 0.15) is 32.2 Å². The Morgan fingerprint density at radius 2 is 1.95 bits per heavy atom. The number of ether oxygens (including phenoxy) is 1. The molecule has 0 aliphatic rings. The van der Waals surface area contributed by atoms with Crippen LogP contribution < -0.4 is 4.74 Å². The number of H-pyrrole nitrogens is 1. The highest BCUT2D eigenvalue weighted by Crippen LogP contribution is 2.17. The van der Waals surface area contributed by atoms with Gasteiger partial charge in [-0.25, -0.2) is 0 Å². The van der Waals surface area contributed by atoms with Gasteiger partial charge in [0.25, 0.3) is 0 Å². The summed E-state index contributed by atoms with van der Waals surface area (Å²) >= 11 is 5.08. The predicted molar refractivity (Wildman–Crippen MR) is 82.0 cm³/mol. The molecule has 2 aromatic rings. The Labute approximate surface area is 123 Å². The molecule has 0 aliphatic heterocycles. The van der Waals surface area contributed by atoms with Crippen molar-refractivity contribution in [1.29, 1.82) is 0 Å². The van der Waals surface area contributed by atoms with Gasteiger partial charge in [0.15, 0.2) is 0 Å². The molecule has 0 unspecified atom stereocenters. The first-order valence-electron chi connectivity index (χ1n) is 6.33. The van der Waals surface area contributed by atoms with Gasteiger partial charge < -0.3 is 4.74 Å². The second kappa shape index (κ2) is 5.58. The van der Waals surface area contributed by atoms with Gasteiger partial charge in [0.2, 0.25) is 4.77 Å². The fourth-order valence-electron chi connectivity index (χ4n) is 1.61. The molecule has 0 saturated heterocycles. The van der Waals surface area contributed by atoms with Crippen LogP contribution in [0.4, 0.5) is 0 Å². The molecule has 1 heterocycles. The van der Waals surface area contributed by atoms with Crippen molar-refractivity contribution >= 4 is 18.4 Å². The van der Waals surface area contributed by atoms with Gasteiger partial charge in [-0.3, -0.25) is 5.10 Å². The molecule has 0 saturated carbocycles. The van der Waals surface area contributed by atoms with Crippen molar-refractivity contribution in [2.45, 2.75) is 33.3 Å². The lowest BCUT2D eigenvalue weighted by atomic mass is 10.2. The maximum atomic E-state index is 5.76. The average molecular weight is 290 g/mol. The van der Waals surface area contributed by atoms with Gasteiger partial charge in [-0.15, -0.1) is 0 Å². The van der Waals surface area contributed by atoms with Crippen LogP contribution in [0.15, 0.2) is 29.4 Å². The summed E-state index contributed by atoms with van der Waals surface area (Å²) in [7, 11) is 0. The quantitative estimate of drug-likeness (QED) is 0.697. The lowest BCUT2D eigenvalue weighted by molar-refractivity contribution is 0.131. The molecule has 0 aliphatic carbocycles. The minimum absolute atomic E-state index is 0.198. The standard InChI is InChI=1S/C14H18N4OS/c1-10-16-17-13(20)18(10)15-9-11-5-7-12(8-6-11)19-14(2,3)4/h5-9H,1-4H3,(H,17,20)/b15-9-. The highest BCUT2D eigenvalue weighted by Gasteiger charge is 2.11. The van der Waals surface area contributed by atoms with E-state index in [1.807, 2.05) is 52.0 Å². The summed E-state index contributed by atoms with van der Waals surface area (Å²) in [4.78, 5) is 0. The number of hydrogen-bond donors (Lipinski definition) is 1. The Hall–Kier alpha value is -1.95. The van der Waals surface area contributed by atoms with E-state index in [4.69, 9.17) is 17.0 Å². The number of aromatic amines is 1. The summed E-state index contributed by atoms with van der Waals surface area (Å²) in [6.45, 7) is 7.90. The number of nitrogens with zero attached hydrogens (tertiary/aromatic N) is 3. The van der Waals surface area contributed by atoms with Gasteiger partial charge >= 0.3 is 0 Å². The van der Waals surface area contributed by atoms with E-state index in [2.05, 4.69) is 15.3 Å².